The van der Waals surface area contributed by atoms with E-state index >= 15 is 0 Å². The van der Waals surface area contributed by atoms with Crippen LogP contribution in [0.5, 0.6) is 5.75 Å². The molecule has 4 atom stereocenters. The summed E-state index contributed by atoms with van der Waals surface area (Å²) in [7, 11) is 1.43. The van der Waals surface area contributed by atoms with Crippen molar-refractivity contribution < 1.29 is 19.6 Å². The number of nitro groups is 1. The topological polar surface area (TPSA) is 105 Å². The largest absolute Gasteiger partial charge is 0.490 e. The lowest BCUT2D eigenvalue weighted by Gasteiger charge is -2.33. The Kier molecular flexibility index (Phi) is 6.04. The van der Waals surface area contributed by atoms with Crippen LogP contribution in [0.3, 0.4) is 0 Å². The summed E-state index contributed by atoms with van der Waals surface area (Å²) in [6.07, 6.45) is 3.80. The van der Waals surface area contributed by atoms with Crippen molar-refractivity contribution in [1.29, 1.82) is 0 Å². The maximum Gasteiger partial charge on any atom is 0.311 e. The van der Waals surface area contributed by atoms with Crippen LogP contribution < -0.4 is 10.1 Å². The van der Waals surface area contributed by atoms with Crippen LogP contribution in [0.1, 0.15) is 36.8 Å². The highest BCUT2D eigenvalue weighted by Crippen LogP contribution is 2.47. The van der Waals surface area contributed by atoms with Crippen molar-refractivity contribution in [2.45, 2.75) is 43.9 Å². The molecule has 0 bridgehead atoms. The van der Waals surface area contributed by atoms with Gasteiger partial charge < -0.3 is 15.2 Å². The number of carbonyl (C=O) groups is 1. The molecule has 1 aliphatic heterocycles. The first-order valence-electron chi connectivity index (χ1n) is 12.0. The number of carbonyl (C=O) groups excluding carboxylic acids is 1. The Morgan fingerprint density at radius 1 is 1.18 bits per heavy atom. The van der Waals surface area contributed by atoms with E-state index in [0.29, 0.717) is 23.9 Å². The normalized spacial score (nSPS) is 26.0. The number of fused-ring (bicyclic) bond motifs is 1. The van der Waals surface area contributed by atoms with Gasteiger partial charge in [0, 0.05) is 37.7 Å². The fourth-order valence-corrected chi connectivity index (χ4v) is 6.04. The van der Waals surface area contributed by atoms with Crippen molar-refractivity contribution in [2.24, 2.45) is 17.8 Å². The van der Waals surface area contributed by atoms with Crippen LogP contribution in [-0.2, 0) is 16.9 Å². The van der Waals surface area contributed by atoms with Gasteiger partial charge in [-0.3, -0.25) is 19.8 Å². The first kappa shape index (κ1) is 22.8. The van der Waals surface area contributed by atoms with Gasteiger partial charge in [-0.1, -0.05) is 49.2 Å². The van der Waals surface area contributed by atoms with Crippen LogP contribution in [-0.4, -0.2) is 47.1 Å². The standard InChI is InChI=1S/C26H31N3O5/c1-34-23-12-11-17(13-22(23)29(32)33)14-28-15-20-21(16-28)24(20)27-25(30)26(31,19-9-5-6-10-19)18-7-3-2-4-8-18/h2-4,7-8,11-13,19-21,24,31H,5-6,9-10,14-16H2,1H3,(H,27,30)/t20-,21?,24+,26?/m0/s1. The van der Waals surface area contributed by atoms with E-state index in [9.17, 15) is 20.0 Å². The molecule has 2 aliphatic carbocycles. The highest BCUT2D eigenvalue weighted by atomic mass is 16.6. The highest BCUT2D eigenvalue weighted by Gasteiger charge is 2.58. The molecule has 3 aliphatic rings. The lowest BCUT2D eigenvalue weighted by Crippen LogP contribution is -2.50. The van der Waals surface area contributed by atoms with E-state index in [0.717, 1.165) is 44.3 Å². The fraction of sp³-hybridized carbons (Fsp3) is 0.500. The number of hydrogen-bond donors (Lipinski definition) is 2. The molecule has 1 saturated heterocycles. The molecule has 8 heteroatoms. The number of methoxy groups -OCH3 is 1. The van der Waals surface area contributed by atoms with Gasteiger partial charge in [-0.25, -0.2) is 0 Å². The number of amides is 1. The zero-order chi connectivity index (χ0) is 23.9. The van der Waals surface area contributed by atoms with E-state index in [4.69, 9.17) is 4.74 Å². The Hall–Kier alpha value is -2.97. The summed E-state index contributed by atoms with van der Waals surface area (Å²) in [6.45, 7) is 2.26. The van der Waals surface area contributed by atoms with Crippen LogP contribution >= 0.6 is 0 Å². The van der Waals surface area contributed by atoms with Crippen molar-refractivity contribution in [3.8, 4) is 5.75 Å². The number of aliphatic hydroxyl groups is 1. The van der Waals surface area contributed by atoms with Crippen molar-refractivity contribution >= 4 is 11.6 Å². The zero-order valence-electron chi connectivity index (χ0n) is 19.4. The van der Waals surface area contributed by atoms with Gasteiger partial charge >= 0.3 is 5.69 Å². The molecule has 1 amide bonds. The van der Waals surface area contributed by atoms with Crippen LogP contribution in [0, 0.1) is 27.9 Å². The third-order valence-electron chi connectivity index (χ3n) is 7.92. The minimum absolute atomic E-state index is 0.0263. The molecule has 3 fully saturated rings. The Labute approximate surface area is 199 Å². The second-order valence-corrected chi connectivity index (χ2v) is 9.90. The van der Waals surface area contributed by atoms with E-state index in [-0.39, 0.29) is 29.3 Å². The Balaban J connectivity index is 1.22. The monoisotopic (exact) mass is 465 g/mol. The van der Waals surface area contributed by atoms with Crippen LogP contribution in [0.2, 0.25) is 0 Å². The molecular weight excluding hydrogens is 434 g/mol. The molecule has 0 aromatic heterocycles. The molecule has 2 unspecified atom stereocenters. The molecule has 180 valence electrons. The van der Waals surface area contributed by atoms with Gasteiger partial charge in [-0.05, 0) is 41.9 Å². The lowest BCUT2D eigenvalue weighted by molar-refractivity contribution is -0.385. The third kappa shape index (κ3) is 4.05. The van der Waals surface area contributed by atoms with E-state index in [1.165, 1.54) is 7.11 Å². The third-order valence-corrected chi connectivity index (χ3v) is 7.92. The summed E-state index contributed by atoms with van der Waals surface area (Å²) in [5.41, 5.74) is 0.0275. The smallest absolute Gasteiger partial charge is 0.311 e. The summed E-state index contributed by atoms with van der Waals surface area (Å²) >= 11 is 0. The van der Waals surface area contributed by atoms with Gasteiger partial charge in [0.15, 0.2) is 11.4 Å². The molecule has 5 rings (SSSR count). The Morgan fingerprint density at radius 2 is 1.85 bits per heavy atom. The second-order valence-electron chi connectivity index (χ2n) is 9.90. The summed E-state index contributed by atoms with van der Waals surface area (Å²) in [5.74, 6) is 0.619. The number of nitrogens with one attached hydrogen (secondary N) is 1. The average molecular weight is 466 g/mol. The van der Waals surface area contributed by atoms with Crippen LogP contribution in [0.15, 0.2) is 48.5 Å². The Morgan fingerprint density at radius 3 is 2.47 bits per heavy atom. The van der Waals surface area contributed by atoms with E-state index in [1.807, 2.05) is 36.4 Å². The molecule has 34 heavy (non-hydrogen) atoms. The van der Waals surface area contributed by atoms with Crippen molar-refractivity contribution in [1.82, 2.24) is 10.2 Å². The van der Waals surface area contributed by atoms with Gasteiger partial charge in [0.2, 0.25) is 0 Å². The van der Waals surface area contributed by atoms with E-state index in [2.05, 4.69) is 10.2 Å². The average Bonchev–Trinajstić information content (AvgIpc) is 3.26. The number of nitrogens with zero attached hydrogens (tertiary/aromatic N) is 2. The maximum absolute atomic E-state index is 13.4. The summed E-state index contributed by atoms with van der Waals surface area (Å²) in [6, 6.07) is 14.5. The predicted octanol–water partition coefficient (Wildman–Crippen LogP) is 3.23. The summed E-state index contributed by atoms with van der Waals surface area (Å²) in [4.78, 5) is 26.6. The highest BCUT2D eigenvalue weighted by molar-refractivity contribution is 5.87. The second kappa shape index (κ2) is 9.00. The molecule has 2 N–H and O–H groups in total. The molecule has 2 saturated carbocycles. The molecule has 0 spiro atoms. The first-order valence-corrected chi connectivity index (χ1v) is 12.0. The van der Waals surface area contributed by atoms with E-state index in [1.54, 1.807) is 12.1 Å². The molecule has 8 nitrogen and oxygen atoms in total. The number of hydrogen-bond acceptors (Lipinski definition) is 6. The number of likely N-dealkylation sites (tertiary alicyclic amines) is 1. The van der Waals surface area contributed by atoms with Gasteiger partial charge in [0.05, 0.1) is 12.0 Å². The predicted molar refractivity (Wildman–Crippen MR) is 126 cm³/mol. The maximum atomic E-state index is 13.4. The van der Waals surface area contributed by atoms with Crippen molar-refractivity contribution in [3.05, 3.63) is 69.8 Å². The van der Waals surface area contributed by atoms with Gasteiger partial charge in [-0.2, -0.15) is 0 Å². The summed E-state index contributed by atoms with van der Waals surface area (Å²) in [5, 5.41) is 26.1. The number of benzene rings is 2. The van der Waals surface area contributed by atoms with Crippen LogP contribution in [0.4, 0.5) is 5.69 Å². The number of rotatable bonds is 8. The molecular formula is C26H31N3O5. The lowest BCUT2D eigenvalue weighted by atomic mass is 9.79. The van der Waals surface area contributed by atoms with E-state index < -0.39 is 10.5 Å². The van der Waals surface area contributed by atoms with Crippen LogP contribution in [0.25, 0.3) is 0 Å². The van der Waals surface area contributed by atoms with Gasteiger partial charge in [0.1, 0.15) is 0 Å². The van der Waals surface area contributed by atoms with Gasteiger partial charge in [0.25, 0.3) is 5.91 Å². The zero-order valence-corrected chi connectivity index (χ0v) is 19.4. The minimum Gasteiger partial charge on any atom is -0.490 e. The molecule has 2 aromatic carbocycles. The SMILES string of the molecule is COc1ccc(CN2CC3[C@H](C2)[C@H]3NC(=O)C(O)(c2ccccc2)C2CCCC2)cc1[N+](=O)[O-]. The van der Waals surface area contributed by atoms with Crippen molar-refractivity contribution in [3.63, 3.8) is 0 Å². The number of ether oxygens (including phenoxy) is 1. The van der Waals surface area contributed by atoms with Crippen molar-refractivity contribution in [2.75, 3.05) is 20.2 Å². The molecule has 1 heterocycles. The number of piperidine rings is 1. The molecule has 2 aromatic rings. The minimum atomic E-state index is -1.49. The quantitative estimate of drug-likeness (QED) is 0.458. The fourth-order valence-electron chi connectivity index (χ4n) is 6.04. The Bertz CT molecular complexity index is 1060. The first-order chi connectivity index (χ1) is 16.4. The van der Waals surface area contributed by atoms with Gasteiger partial charge in [-0.15, -0.1) is 0 Å². The summed E-state index contributed by atoms with van der Waals surface area (Å²) < 4.78 is 5.09. The number of nitro benzene ring substituents is 1. The molecule has 0 radical (unpaired) electrons.